The van der Waals surface area contributed by atoms with Gasteiger partial charge < -0.3 is 15.5 Å². The van der Waals surface area contributed by atoms with Gasteiger partial charge in [-0.2, -0.15) is 0 Å². The Balaban J connectivity index is 1.56. The SMILES string of the molecule is CNc1ccc(C(=O)N2CCC(C3CNC(=O)C3)CC2)cn1. The second kappa shape index (κ2) is 6.34. The summed E-state index contributed by atoms with van der Waals surface area (Å²) in [6, 6.07) is 3.63. The molecule has 0 saturated carbocycles. The van der Waals surface area contributed by atoms with Gasteiger partial charge in [0.2, 0.25) is 5.91 Å². The number of likely N-dealkylation sites (tertiary alicyclic amines) is 1. The van der Waals surface area contributed by atoms with Crippen LogP contribution in [0.4, 0.5) is 5.82 Å². The van der Waals surface area contributed by atoms with Crippen LogP contribution in [0.15, 0.2) is 18.3 Å². The van der Waals surface area contributed by atoms with Gasteiger partial charge in [-0.1, -0.05) is 0 Å². The lowest BCUT2D eigenvalue weighted by Gasteiger charge is -2.34. The van der Waals surface area contributed by atoms with Gasteiger partial charge in [0.25, 0.3) is 5.91 Å². The summed E-state index contributed by atoms with van der Waals surface area (Å²) >= 11 is 0. The molecule has 0 aliphatic carbocycles. The van der Waals surface area contributed by atoms with Crippen molar-refractivity contribution in [3.05, 3.63) is 23.9 Å². The molecule has 2 N–H and O–H groups in total. The zero-order valence-corrected chi connectivity index (χ0v) is 12.8. The molecule has 1 aromatic heterocycles. The van der Waals surface area contributed by atoms with E-state index in [4.69, 9.17) is 0 Å². The highest BCUT2D eigenvalue weighted by atomic mass is 16.2. The lowest BCUT2D eigenvalue weighted by atomic mass is 9.83. The maximum Gasteiger partial charge on any atom is 0.255 e. The van der Waals surface area contributed by atoms with Gasteiger partial charge in [0.15, 0.2) is 0 Å². The predicted molar refractivity (Wildman–Crippen MR) is 83.5 cm³/mol. The summed E-state index contributed by atoms with van der Waals surface area (Å²) in [6.07, 6.45) is 4.23. The van der Waals surface area contributed by atoms with Gasteiger partial charge in [0, 0.05) is 39.3 Å². The molecule has 1 atom stereocenters. The molecule has 22 heavy (non-hydrogen) atoms. The van der Waals surface area contributed by atoms with Crippen LogP contribution in [-0.4, -0.2) is 48.4 Å². The van der Waals surface area contributed by atoms with Gasteiger partial charge in [-0.25, -0.2) is 4.98 Å². The molecule has 2 fully saturated rings. The Labute approximate surface area is 130 Å². The van der Waals surface area contributed by atoms with Gasteiger partial charge in [0.1, 0.15) is 5.82 Å². The minimum atomic E-state index is 0.0502. The largest absolute Gasteiger partial charge is 0.373 e. The number of carbonyl (C=O) groups excluding carboxylic acids is 2. The molecule has 6 heteroatoms. The van der Waals surface area contributed by atoms with E-state index >= 15 is 0 Å². The molecule has 1 aromatic rings. The van der Waals surface area contributed by atoms with E-state index in [0.717, 1.165) is 38.3 Å². The van der Waals surface area contributed by atoms with E-state index in [2.05, 4.69) is 15.6 Å². The lowest BCUT2D eigenvalue weighted by Crippen LogP contribution is -2.40. The molecule has 3 heterocycles. The Kier molecular flexibility index (Phi) is 4.27. The fourth-order valence-electron chi connectivity index (χ4n) is 3.39. The van der Waals surface area contributed by atoms with Crippen molar-refractivity contribution in [2.24, 2.45) is 11.8 Å². The van der Waals surface area contributed by atoms with Crippen molar-refractivity contribution < 1.29 is 9.59 Å². The van der Waals surface area contributed by atoms with E-state index < -0.39 is 0 Å². The predicted octanol–water partition coefficient (Wildman–Crippen LogP) is 1.11. The van der Waals surface area contributed by atoms with Gasteiger partial charge >= 0.3 is 0 Å². The number of hydrogen-bond donors (Lipinski definition) is 2. The van der Waals surface area contributed by atoms with E-state index in [0.29, 0.717) is 23.8 Å². The summed E-state index contributed by atoms with van der Waals surface area (Å²) < 4.78 is 0. The number of carbonyl (C=O) groups is 2. The Bertz CT molecular complexity index is 550. The van der Waals surface area contributed by atoms with Crippen molar-refractivity contribution in [2.75, 3.05) is 32.0 Å². The van der Waals surface area contributed by atoms with E-state index in [1.165, 1.54) is 0 Å². The number of amides is 2. The zero-order chi connectivity index (χ0) is 15.5. The van der Waals surface area contributed by atoms with Crippen LogP contribution in [0.1, 0.15) is 29.6 Å². The normalized spacial score (nSPS) is 22.5. The van der Waals surface area contributed by atoms with E-state index in [1.54, 1.807) is 13.2 Å². The quantitative estimate of drug-likeness (QED) is 0.877. The van der Waals surface area contributed by atoms with Crippen LogP contribution in [0.2, 0.25) is 0 Å². The summed E-state index contributed by atoms with van der Waals surface area (Å²) in [5.74, 6) is 1.97. The van der Waals surface area contributed by atoms with Crippen LogP contribution in [0, 0.1) is 11.8 Å². The maximum absolute atomic E-state index is 12.5. The maximum atomic E-state index is 12.5. The Morgan fingerprint density at radius 2 is 2.09 bits per heavy atom. The minimum Gasteiger partial charge on any atom is -0.373 e. The van der Waals surface area contributed by atoms with Crippen molar-refractivity contribution in [1.82, 2.24) is 15.2 Å². The molecule has 3 rings (SSSR count). The standard InChI is InChI=1S/C16H22N4O2/c1-17-14-3-2-12(9-18-14)16(22)20-6-4-11(5-7-20)13-8-15(21)19-10-13/h2-3,9,11,13H,4-8,10H2,1H3,(H,17,18)(H,19,21). The molecule has 1 unspecified atom stereocenters. The Morgan fingerprint density at radius 3 is 2.64 bits per heavy atom. The number of anilines is 1. The average Bonchev–Trinajstić information content (AvgIpc) is 3.01. The first-order chi connectivity index (χ1) is 10.7. The van der Waals surface area contributed by atoms with E-state index in [9.17, 15) is 9.59 Å². The van der Waals surface area contributed by atoms with Crippen molar-refractivity contribution >= 4 is 17.6 Å². The molecular weight excluding hydrogens is 280 g/mol. The summed E-state index contributed by atoms with van der Waals surface area (Å²) in [6.45, 7) is 2.33. The monoisotopic (exact) mass is 302 g/mol. The zero-order valence-electron chi connectivity index (χ0n) is 12.8. The third-order valence-corrected chi connectivity index (χ3v) is 4.77. The number of pyridine rings is 1. The van der Waals surface area contributed by atoms with Gasteiger partial charge in [-0.05, 0) is 36.8 Å². The third-order valence-electron chi connectivity index (χ3n) is 4.77. The number of aromatic nitrogens is 1. The van der Waals surface area contributed by atoms with Crippen molar-refractivity contribution in [3.63, 3.8) is 0 Å². The average molecular weight is 302 g/mol. The molecule has 2 saturated heterocycles. The van der Waals surface area contributed by atoms with Crippen molar-refractivity contribution in [2.45, 2.75) is 19.3 Å². The molecular formula is C16H22N4O2. The van der Waals surface area contributed by atoms with E-state index in [-0.39, 0.29) is 11.8 Å². The summed E-state index contributed by atoms with van der Waals surface area (Å²) in [5.41, 5.74) is 0.634. The van der Waals surface area contributed by atoms with Gasteiger partial charge in [-0.15, -0.1) is 0 Å². The molecule has 2 aliphatic rings. The van der Waals surface area contributed by atoms with Crippen molar-refractivity contribution in [1.29, 1.82) is 0 Å². The molecule has 0 radical (unpaired) electrons. The highest BCUT2D eigenvalue weighted by Gasteiger charge is 2.33. The number of hydrogen-bond acceptors (Lipinski definition) is 4. The van der Waals surface area contributed by atoms with Crippen LogP contribution in [0.5, 0.6) is 0 Å². The summed E-state index contributed by atoms with van der Waals surface area (Å²) in [7, 11) is 1.80. The highest BCUT2D eigenvalue weighted by molar-refractivity contribution is 5.94. The van der Waals surface area contributed by atoms with Gasteiger partial charge in [0.05, 0.1) is 5.56 Å². The molecule has 2 aliphatic heterocycles. The molecule has 6 nitrogen and oxygen atoms in total. The minimum absolute atomic E-state index is 0.0502. The first-order valence-electron chi connectivity index (χ1n) is 7.87. The van der Waals surface area contributed by atoms with Crippen molar-refractivity contribution in [3.8, 4) is 0 Å². The number of rotatable bonds is 3. The van der Waals surface area contributed by atoms with E-state index in [1.807, 2.05) is 17.0 Å². The lowest BCUT2D eigenvalue weighted by molar-refractivity contribution is -0.119. The summed E-state index contributed by atoms with van der Waals surface area (Å²) in [4.78, 5) is 29.9. The smallest absolute Gasteiger partial charge is 0.255 e. The molecule has 0 aromatic carbocycles. The first-order valence-corrected chi connectivity index (χ1v) is 7.87. The molecule has 0 bridgehead atoms. The fourth-order valence-corrected chi connectivity index (χ4v) is 3.39. The van der Waals surface area contributed by atoms with Crippen LogP contribution in [0.3, 0.4) is 0 Å². The van der Waals surface area contributed by atoms with Crippen LogP contribution in [0.25, 0.3) is 0 Å². The number of nitrogens with zero attached hydrogens (tertiary/aromatic N) is 2. The molecule has 0 spiro atoms. The third kappa shape index (κ3) is 3.05. The molecule has 118 valence electrons. The second-order valence-corrected chi connectivity index (χ2v) is 6.08. The summed E-state index contributed by atoms with van der Waals surface area (Å²) in [5, 5.41) is 5.85. The van der Waals surface area contributed by atoms with Crippen LogP contribution < -0.4 is 10.6 Å². The molecule has 2 amide bonds. The number of piperidine rings is 1. The highest BCUT2D eigenvalue weighted by Crippen LogP contribution is 2.29. The Morgan fingerprint density at radius 1 is 1.32 bits per heavy atom. The Hall–Kier alpha value is -2.11. The second-order valence-electron chi connectivity index (χ2n) is 6.08. The van der Waals surface area contributed by atoms with Gasteiger partial charge in [-0.3, -0.25) is 9.59 Å². The topological polar surface area (TPSA) is 74.3 Å². The first kappa shape index (κ1) is 14.8. The van der Waals surface area contributed by atoms with Crippen LogP contribution in [-0.2, 0) is 4.79 Å². The fraction of sp³-hybridized carbons (Fsp3) is 0.562. The number of nitrogens with one attached hydrogen (secondary N) is 2. The van der Waals surface area contributed by atoms with Crippen LogP contribution >= 0.6 is 0 Å².